The molecular formula is C19H20FN5O3. The summed E-state index contributed by atoms with van der Waals surface area (Å²) in [7, 11) is 0. The van der Waals surface area contributed by atoms with Gasteiger partial charge in [-0.2, -0.15) is 5.10 Å². The van der Waals surface area contributed by atoms with Crippen molar-refractivity contribution in [1.82, 2.24) is 20.0 Å². The van der Waals surface area contributed by atoms with Crippen molar-refractivity contribution >= 4 is 17.6 Å². The maximum Gasteiger partial charge on any atom is 0.325 e. The summed E-state index contributed by atoms with van der Waals surface area (Å²) in [6, 6.07) is 9.24. The molecular weight excluding hydrogens is 365 g/mol. The van der Waals surface area contributed by atoms with Gasteiger partial charge in [0, 0.05) is 38.3 Å². The summed E-state index contributed by atoms with van der Waals surface area (Å²) in [5.41, 5.74) is 0.237. The first kappa shape index (κ1) is 18.1. The number of halogens is 1. The van der Waals surface area contributed by atoms with Crippen LogP contribution in [0.2, 0.25) is 0 Å². The highest BCUT2D eigenvalue weighted by molar-refractivity contribution is 5.96. The molecule has 0 bridgehead atoms. The van der Waals surface area contributed by atoms with E-state index < -0.39 is 5.82 Å². The van der Waals surface area contributed by atoms with E-state index in [1.165, 1.54) is 15.9 Å². The molecule has 0 N–H and O–H groups in total. The number of hydrogen-bond acceptors (Lipinski definition) is 5. The molecule has 2 aliphatic rings. The van der Waals surface area contributed by atoms with E-state index >= 15 is 0 Å². The summed E-state index contributed by atoms with van der Waals surface area (Å²) in [4.78, 5) is 29.7. The van der Waals surface area contributed by atoms with Crippen molar-refractivity contribution in [3.05, 3.63) is 48.4 Å². The van der Waals surface area contributed by atoms with Gasteiger partial charge in [-0.05, 0) is 18.2 Å². The molecule has 1 aromatic carbocycles. The van der Waals surface area contributed by atoms with Crippen molar-refractivity contribution in [2.45, 2.75) is 12.5 Å². The van der Waals surface area contributed by atoms with Crippen molar-refractivity contribution in [2.24, 2.45) is 0 Å². The Hall–Kier alpha value is -3.23. The number of carbonyl (C=O) groups excluding carboxylic acids is 2. The number of rotatable bonds is 5. The minimum Gasteiger partial charge on any atom is -0.471 e. The van der Waals surface area contributed by atoms with E-state index in [-0.39, 0.29) is 30.3 Å². The average molecular weight is 385 g/mol. The number of likely N-dealkylation sites (tertiary alicyclic amines) is 1. The molecule has 0 spiro atoms. The van der Waals surface area contributed by atoms with Crippen LogP contribution < -0.4 is 9.64 Å². The van der Waals surface area contributed by atoms with Crippen LogP contribution in [0.5, 0.6) is 5.88 Å². The zero-order valence-electron chi connectivity index (χ0n) is 15.2. The second-order valence-electron chi connectivity index (χ2n) is 6.74. The number of nitrogens with zero attached hydrogens (tertiary/aromatic N) is 5. The van der Waals surface area contributed by atoms with Gasteiger partial charge in [0.15, 0.2) is 0 Å². The highest BCUT2D eigenvalue weighted by atomic mass is 19.1. The molecule has 2 aromatic rings. The Morgan fingerprint density at radius 2 is 2.04 bits per heavy atom. The molecule has 4 rings (SSSR count). The lowest BCUT2D eigenvalue weighted by Gasteiger charge is -2.22. The van der Waals surface area contributed by atoms with Crippen LogP contribution in [-0.4, -0.2) is 70.8 Å². The summed E-state index contributed by atoms with van der Waals surface area (Å²) in [6.07, 6.45) is 2.11. The first-order chi connectivity index (χ1) is 13.6. The maximum atomic E-state index is 14.0. The van der Waals surface area contributed by atoms with Crippen molar-refractivity contribution in [1.29, 1.82) is 0 Å². The van der Waals surface area contributed by atoms with E-state index in [2.05, 4.69) is 10.2 Å². The highest BCUT2D eigenvalue weighted by Gasteiger charge is 2.35. The Morgan fingerprint density at radius 1 is 1.18 bits per heavy atom. The molecule has 0 radical (unpaired) electrons. The first-order valence-electron chi connectivity index (χ1n) is 9.15. The van der Waals surface area contributed by atoms with Gasteiger partial charge < -0.3 is 14.5 Å². The normalized spacial score (nSPS) is 19.4. The molecule has 28 heavy (non-hydrogen) atoms. The van der Waals surface area contributed by atoms with Crippen LogP contribution >= 0.6 is 0 Å². The van der Waals surface area contributed by atoms with E-state index in [1.54, 1.807) is 41.4 Å². The van der Waals surface area contributed by atoms with E-state index in [4.69, 9.17) is 4.74 Å². The van der Waals surface area contributed by atoms with E-state index in [1.807, 2.05) is 0 Å². The Morgan fingerprint density at radius 3 is 2.82 bits per heavy atom. The van der Waals surface area contributed by atoms with Gasteiger partial charge >= 0.3 is 6.03 Å². The van der Waals surface area contributed by atoms with E-state index in [0.29, 0.717) is 38.5 Å². The van der Waals surface area contributed by atoms with Crippen LogP contribution in [0.25, 0.3) is 0 Å². The minimum absolute atomic E-state index is 0.0261. The highest BCUT2D eigenvalue weighted by Crippen LogP contribution is 2.23. The number of anilines is 1. The Labute approximate surface area is 161 Å². The summed E-state index contributed by atoms with van der Waals surface area (Å²) in [6.45, 7) is 1.71. The standard InChI is InChI=1S/C19H20FN5O3/c20-15-4-1-2-5-16(15)25-11-10-24(19(25)27)13-18(26)23-9-7-14(12-23)28-17-6-3-8-21-22-17/h1-6,8,14H,7,9-13H2. The van der Waals surface area contributed by atoms with Gasteiger partial charge in [-0.1, -0.05) is 12.1 Å². The van der Waals surface area contributed by atoms with Crippen molar-refractivity contribution in [3.63, 3.8) is 0 Å². The molecule has 1 unspecified atom stereocenters. The quantitative estimate of drug-likeness (QED) is 0.780. The van der Waals surface area contributed by atoms with Gasteiger partial charge in [-0.25, -0.2) is 9.18 Å². The maximum absolute atomic E-state index is 14.0. The van der Waals surface area contributed by atoms with Crippen LogP contribution in [0.3, 0.4) is 0 Å². The molecule has 0 aliphatic carbocycles. The number of para-hydroxylation sites is 1. The lowest BCUT2D eigenvalue weighted by molar-refractivity contribution is -0.130. The second-order valence-corrected chi connectivity index (χ2v) is 6.74. The topological polar surface area (TPSA) is 78.9 Å². The minimum atomic E-state index is -0.451. The lowest BCUT2D eigenvalue weighted by Crippen LogP contribution is -2.42. The van der Waals surface area contributed by atoms with Gasteiger partial charge in [0.2, 0.25) is 11.8 Å². The smallest absolute Gasteiger partial charge is 0.325 e. The van der Waals surface area contributed by atoms with Crippen LogP contribution in [-0.2, 0) is 4.79 Å². The molecule has 2 aliphatic heterocycles. The fourth-order valence-electron chi connectivity index (χ4n) is 3.46. The number of ether oxygens (including phenoxy) is 1. The molecule has 2 saturated heterocycles. The number of aromatic nitrogens is 2. The summed E-state index contributed by atoms with van der Waals surface area (Å²) >= 11 is 0. The van der Waals surface area contributed by atoms with Crippen LogP contribution in [0.4, 0.5) is 14.9 Å². The molecule has 1 aromatic heterocycles. The second kappa shape index (κ2) is 7.79. The first-order valence-corrected chi connectivity index (χ1v) is 9.15. The number of carbonyl (C=O) groups is 2. The zero-order chi connectivity index (χ0) is 19.5. The number of urea groups is 1. The third kappa shape index (κ3) is 3.73. The van der Waals surface area contributed by atoms with Crippen molar-refractivity contribution < 1.29 is 18.7 Å². The Balaban J connectivity index is 1.32. The van der Waals surface area contributed by atoms with E-state index in [0.717, 1.165) is 0 Å². The Bertz CT molecular complexity index is 866. The van der Waals surface area contributed by atoms with Gasteiger partial charge in [0.25, 0.3) is 0 Å². The summed E-state index contributed by atoms with van der Waals surface area (Å²) < 4.78 is 19.7. The fourth-order valence-corrected chi connectivity index (χ4v) is 3.46. The summed E-state index contributed by atoms with van der Waals surface area (Å²) in [5, 5.41) is 7.65. The third-order valence-electron chi connectivity index (χ3n) is 4.90. The lowest BCUT2D eigenvalue weighted by atomic mass is 10.3. The van der Waals surface area contributed by atoms with Gasteiger partial charge in [-0.15, -0.1) is 5.10 Å². The van der Waals surface area contributed by atoms with Gasteiger partial charge in [0.1, 0.15) is 18.5 Å². The van der Waals surface area contributed by atoms with Crippen LogP contribution in [0.15, 0.2) is 42.6 Å². The van der Waals surface area contributed by atoms with Crippen molar-refractivity contribution in [2.75, 3.05) is 37.6 Å². The molecule has 1 atom stereocenters. The SMILES string of the molecule is O=C(CN1CCN(c2ccccc2F)C1=O)N1CCC(Oc2cccnn2)C1. The molecule has 146 valence electrons. The fraction of sp³-hybridized carbons (Fsp3) is 0.368. The van der Waals surface area contributed by atoms with Gasteiger partial charge in [-0.3, -0.25) is 9.69 Å². The van der Waals surface area contributed by atoms with Crippen LogP contribution in [0.1, 0.15) is 6.42 Å². The number of hydrogen-bond donors (Lipinski definition) is 0. The molecule has 3 amide bonds. The molecule has 0 saturated carbocycles. The summed E-state index contributed by atoms with van der Waals surface area (Å²) in [5.74, 6) is -0.168. The van der Waals surface area contributed by atoms with Gasteiger partial charge in [0.05, 0.1) is 12.2 Å². The predicted molar refractivity (Wildman–Crippen MR) is 98.4 cm³/mol. The predicted octanol–water partition coefficient (Wildman–Crippen LogP) is 1.54. The number of amides is 3. The van der Waals surface area contributed by atoms with Crippen LogP contribution in [0, 0.1) is 5.82 Å². The molecule has 2 fully saturated rings. The molecule has 9 heteroatoms. The molecule has 8 nitrogen and oxygen atoms in total. The van der Waals surface area contributed by atoms with Crippen molar-refractivity contribution in [3.8, 4) is 5.88 Å². The molecule has 3 heterocycles. The largest absolute Gasteiger partial charge is 0.471 e. The average Bonchev–Trinajstić information content (AvgIpc) is 3.31. The Kier molecular flexibility index (Phi) is 5.05. The monoisotopic (exact) mass is 385 g/mol. The number of benzene rings is 1. The van der Waals surface area contributed by atoms with E-state index in [9.17, 15) is 14.0 Å². The third-order valence-corrected chi connectivity index (χ3v) is 4.90. The zero-order valence-corrected chi connectivity index (χ0v) is 15.2.